The van der Waals surface area contributed by atoms with Crippen LogP contribution in [0.3, 0.4) is 0 Å². The average Bonchev–Trinajstić information content (AvgIpc) is 3.34. The Balaban J connectivity index is 1.54. The van der Waals surface area contributed by atoms with Crippen LogP contribution in [0, 0.1) is 5.82 Å². The van der Waals surface area contributed by atoms with Crippen LogP contribution in [-0.2, 0) is 22.4 Å². The lowest BCUT2D eigenvalue weighted by molar-refractivity contribution is -0.139. The number of nitrogens with zero attached hydrogens (tertiary/aromatic N) is 2. The third-order valence-corrected chi connectivity index (χ3v) is 6.26. The zero-order valence-corrected chi connectivity index (χ0v) is 18.6. The topological polar surface area (TPSA) is 79.7 Å². The predicted molar refractivity (Wildman–Crippen MR) is 124 cm³/mol. The fourth-order valence-corrected chi connectivity index (χ4v) is 4.62. The van der Waals surface area contributed by atoms with E-state index >= 15 is 0 Å². The molecular weight excluding hydrogens is 435 g/mol. The molecule has 3 heterocycles. The number of carbonyl (C=O) groups is 2. The maximum absolute atomic E-state index is 13.3. The number of amides is 1. The maximum atomic E-state index is 13.3. The van der Waals surface area contributed by atoms with Gasteiger partial charge in [0.2, 0.25) is 0 Å². The Hall–Kier alpha value is -4.00. The van der Waals surface area contributed by atoms with Crippen LogP contribution < -0.4 is 4.74 Å². The smallest absolute Gasteiger partial charge is 0.295 e. The second-order valence-electron chi connectivity index (χ2n) is 8.61. The first kappa shape index (κ1) is 21.8. The number of ketones is 1. The van der Waals surface area contributed by atoms with Gasteiger partial charge in [-0.05, 0) is 66.4 Å². The molecule has 0 spiro atoms. The number of halogens is 1. The predicted octanol–water partition coefficient (Wildman–Crippen LogP) is 4.21. The van der Waals surface area contributed by atoms with Gasteiger partial charge in [-0.2, -0.15) is 0 Å². The molecule has 0 radical (unpaired) electrons. The Bertz CT molecular complexity index is 1290. The van der Waals surface area contributed by atoms with Crippen LogP contribution in [0.5, 0.6) is 5.75 Å². The number of pyridine rings is 1. The van der Waals surface area contributed by atoms with Crippen LogP contribution in [0.1, 0.15) is 35.2 Å². The number of fused-ring (bicyclic) bond motifs is 1. The molecule has 1 amide bonds. The minimum absolute atomic E-state index is 0.0315. The molecule has 34 heavy (non-hydrogen) atoms. The Kier molecular flexibility index (Phi) is 5.61. The lowest BCUT2D eigenvalue weighted by Crippen LogP contribution is -2.31. The van der Waals surface area contributed by atoms with Gasteiger partial charge < -0.3 is 14.7 Å². The monoisotopic (exact) mass is 458 g/mol. The van der Waals surface area contributed by atoms with E-state index in [0.29, 0.717) is 24.0 Å². The molecular formula is C27H23FN2O4. The minimum atomic E-state index is -0.780. The molecule has 2 atom stereocenters. The molecule has 1 fully saturated rings. The van der Waals surface area contributed by atoms with Crippen molar-refractivity contribution in [3.63, 3.8) is 0 Å². The van der Waals surface area contributed by atoms with Crippen LogP contribution >= 0.6 is 0 Å². The number of benzene rings is 2. The minimum Gasteiger partial charge on any atom is -0.507 e. The highest BCUT2D eigenvalue weighted by molar-refractivity contribution is 6.46. The summed E-state index contributed by atoms with van der Waals surface area (Å²) < 4.78 is 19.0. The van der Waals surface area contributed by atoms with Crippen molar-refractivity contribution in [3.8, 4) is 5.75 Å². The summed E-state index contributed by atoms with van der Waals surface area (Å²) in [4.78, 5) is 31.8. The van der Waals surface area contributed by atoms with E-state index in [1.807, 2.05) is 6.92 Å². The van der Waals surface area contributed by atoms with Gasteiger partial charge in [-0.25, -0.2) is 4.39 Å². The molecule has 1 N–H and O–H groups in total. The van der Waals surface area contributed by atoms with Gasteiger partial charge in [-0.15, -0.1) is 0 Å². The molecule has 172 valence electrons. The Morgan fingerprint density at radius 3 is 2.71 bits per heavy atom. The van der Waals surface area contributed by atoms with Gasteiger partial charge in [0.1, 0.15) is 23.4 Å². The summed E-state index contributed by atoms with van der Waals surface area (Å²) in [5.74, 6) is -1.23. The van der Waals surface area contributed by atoms with Gasteiger partial charge in [0.05, 0.1) is 11.6 Å². The van der Waals surface area contributed by atoms with E-state index in [-0.39, 0.29) is 29.8 Å². The molecule has 7 heteroatoms. The Morgan fingerprint density at radius 2 is 1.97 bits per heavy atom. The normalized spacial score (nSPS) is 20.9. The number of ether oxygens (including phenoxy) is 1. The van der Waals surface area contributed by atoms with E-state index in [1.54, 1.807) is 54.9 Å². The second-order valence-corrected chi connectivity index (χ2v) is 8.61. The molecule has 1 saturated heterocycles. The molecule has 5 rings (SSSR count). The lowest BCUT2D eigenvalue weighted by Gasteiger charge is -2.25. The highest BCUT2D eigenvalue weighted by Gasteiger charge is 2.46. The summed E-state index contributed by atoms with van der Waals surface area (Å²) in [7, 11) is 0. The number of aromatic nitrogens is 1. The van der Waals surface area contributed by atoms with Crippen molar-refractivity contribution in [1.82, 2.24) is 9.88 Å². The number of rotatable bonds is 5. The largest absolute Gasteiger partial charge is 0.507 e. The Labute approximate surface area is 196 Å². The number of carbonyl (C=O) groups excluding carboxylic acids is 2. The van der Waals surface area contributed by atoms with Crippen LogP contribution in [0.2, 0.25) is 0 Å². The number of aliphatic hydroxyl groups is 1. The number of aliphatic hydroxyl groups excluding tert-OH is 1. The molecule has 2 aliphatic heterocycles. The van der Waals surface area contributed by atoms with Gasteiger partial charge in [0.15, 0.2) is 0 Å². The van der Waals surface area contributed by atoms with Crippen molar-refractivity contribution in [1.29, 1.82) is 0 Å². The summed E-state index contributed by atoms with van der Waals surface area (Å²) in [5.41, 5.74) is 2.90. The highest BCUT2D eigenvalue weighted by Crippen LogP contribution is 2.40. The summed E-state index contributed by atoms with van der Waals surface area (Å²) >= 11 is 0. The van der Waals surface area contributed by atoms with Crippen molar-refractivity contribution in [2.75, 3.05) is 6.54 Å². The van der Waals surface area contributed by atoms with Gasteiger partial charge in [-0.3, -0.25) is 14.6 Å². The average molecular weight is 458 g/mol. The first-order valence-electron chi connectivity index (χ1n) is 11.1. The first-order chi connectivity index (χ1) is 16.4. The molecule has 2 aliphatic rings. The fraction of sp³-hybridized carbons (Fsp3) is 0.222. The van der Waals surface area contributed by atoms with E-state index in [1.165, 1.54) is 17.0 Å². The van der Waals surface area contributed by atoms with E-state index in [9.17, 15) is 19.1 Å². The van der Waals surface area contributed by atoms with E-state index in [4.69, 9.17) is 4.74 Å². The molecule has 0 aliphatic carbocycles. The van der Waals surface area contributed by atoms with Crippen molar-refractivity contribution >= 4 is 17.4 Å². The lowest BCUT2D eigenvalue weighted by atomic mass is 9.95. The fourth-order valence-electron chi connectivity index (χ4n) is 4.62. The van der Waals surface area contributed by atoms with Crippen molar-refractivity contribution < 1.29 is 23.8 Å². The van der Waals surface area contributed by atoms with E-state index in [0.717, 1.165) is 16.9 Å². The van der Waals surface area contributed by atoms with Crippen LogP contribution in [0.25, 0.3) is 5.76 Å². The quantitative estimate of drug-likeness (QED) is 0.352. The van der Waals surface area contributed by atoms with Crippen LogP contribution in [0.15, 0.2) is 72.6 Å². The van der Waals surface area contributed by atoms with Crippen LogP contribution in [0.4, 0.5) is 4.39 Å². The molecule has 6 nitrogen and oxygen atoms in total. The van der Waals surface area contributed by atoms with Gasteiger partial charge in [-0.1, -0.05) is 18.2 Å². The summed E-state index contributed by atoms with van der Waals surface area (Å²) in [6.07, 6.45) is 4.37. The molecule has 0 bridgehead atoms. The third kappa shape index (κ3) is 3.94. The summed E-state index contributed by atoms with van der Waals surface area (Å²) in [6.45, 7) is 2.19. The molecule has 0 saturated carbocycles. The molecule has 1 aromatic heterocycles. The molecule has 3 aromatic rings. The van der Waals surface area contributed by atoms with Crippen molar-refractivity contribution in [2.24, 2.45) is 0 Å². The summed E-state index contributed by atoms with van der Waals surface area (Å²) in [5, 5.41) is 11.2. The van der Waals surface area contributed by atoms with Gasteiger partial charge in [0.25, 0.3) is 11.7 Å². The summed E-state index contributed by atoms with van der Waals surface area (Å²) in [6, 6.07) is 14.0. The molecule has 2 aromatic carbocycles. The maximum Gasteiger partial charge on any atom is 0.295 e. The number of hydrogen-bond acceptors (Lipinski definition) is 5. The van der Waals surface area contributed by atoms with E-state index < -0.39 is 17.7 Å². The van der Waals surface area contributed by atoms with E-state index in [2.05, 4.69) is 4.98 Å². The number of hydrogen-bond donors (Lipinski definition) is 1. The zero-order valence-electron chi connectivity index (χ0n) is 18.6. The SMILES string of the molecule is CC1Cc2cc(/C(O)=C3/C(=O)C(=O)N(CCc4ccc(F)cc4)C3c3cccnc3)ccc2O1. The van der Waals surface area contributed by atoms with Gasteiger partial charge >= 0.3 is 0 Å². The van der Waals surface area contributed by atoms with Gasteiger partial charge in [0, 0.05) is 30.9 Å². The Morgan fingerprint density at radius 1 is 1.18 bits per heavy atom. The second kappa shape index (κ2) is 8.74. The number of Topliss-reactive ketones (excluding diaryl/α,β-unsaturated/α-hetero) is 1. The third-order valence-electron chi connectivity index (χ3n) is 6.26. The van der Waals surface area contributed by atoms with Crippen molar-refractivity contribution in [2.45, 2.75) is 31.9 Å². The highest BCUT2D eigenvalue weighted by atomic mass is 19.1. The zero-order chi connectivity index (χ0) is 23.8. The first-order valence-corrected chi connectivity index (χ1v) is 11.1. The van der Waals surface area contributed by atoms with Crippen LogP contribution in [-0.4, -0.2) is 39.3 Å². The standard InChI is InChI=1S/C27H23FN2O4/c1-16-13-20-14-18(6-9-22(20)34-16)25(31)23-24(19-3-2-11-29-15-19)30(27(33)26(23)32)12-10-17-4-7-21(28)8-5-17/h2-9,11,14-16,24,31H,10,12-13H2,1H3/b25-23-. The molecule has 2 unspecified atom stereocenters. The van der Waals surface area contributed by atoms with Crippen molar-refractivity contribution in [3.05, 3.63) is 101 Å². The number of likely N-dealkylation sites (tertiary alicyclic amines) is 1.